The molecule has 1 saturated carbocycles. The predicted molar refractivity (Wildman–Crippen MR) is 78.9 cm³/mol. The molecule has 104 valence electrons. The number of rotatable bonds is 3. The summed E-state index contributed by atoms with van der Waals surface area (Å²) >= 11 is 3.53. The lowest BCUT2D eigenvalue weighted by Crippen LogP contribution is -2.30. The Labute approximate surface area is 122 Å². The van der Waals surface area contributed by atoms with Crippen LogP contribution in [0.1, 0.15) is 57.1 Å². The molecule has 0 unspecified atom stereocenters. The van der Waals surface area contributed by atoms with Crippen molar-refractivity contribution >= 4 is 21.7 Å². The van der Waals surface area contributed by atoms with Gasteiger partial charge in [-0.25, -0.2) is 4.39 Å². The van der Waals surface area contributed by atoms with Crippen LogP contribution in [0.4, 0.5) is 4.39 Å². The van der Waals surface area contributed by atoms with E-state index >= 15 is 0 Å². The van der Waals surface area contributed by atoms with Gasteiger partial charge in [0.05, 0.1) is 0 Å². The zero-order chi connectivity index (χ0) is 14.0. The molecule has 19 heavy (non-hydrogen) atoms. The van der Waals surface area contributed by atoms with Crippen LogP contribution < -0.4 is 0 Å². The molecule has 1 fully saturated rings. The normalized spacial score (nSPS) is 18.6. The summed E-state index contributed by atoms with van der Waals surface area (Å²) in [6, 6.07) is 3.21. The van der Waals surface area contributed by atoms with Gasteiger partial charge in [-0.05, 0) is 47.9 Å². The molecular formula is C16H20BrFO. The Morgan fingerprint density at radius 2 is 1.95 bits per heavy atom. The van der Waals surface area contributed by atoms with Gasteiger partial charge >= 0.3 is 0 Å². The molecule has 0 bridgehead atoms. The fourth-order valence-electron chi connectivity index (χ4n) is 3.10. The van der Waals surface area contributed by atoms with E-state index in [1.54, 1.807) is 12.1 Å². The summed E-state index contributed by atoms with van der Waals surface area (Å²) in [6.45, 7) is 4.31. The summed E-state index contributed by atoms with van der Waals surface area (Å²) in [4.78, 5) is 11.5. The fraction of sp³-hybridized carbons (Fsp3) is 0.562. The Kier molecular flexibility index (Phi) is 4.44. The number of benzene rings is 1. The molecule has 0 amide bonds. The highest BCUT2D eigenvalue weighted by Crippen LogP contribution is 2.43. The lowest BCUT2D eigenvalue weighted by atomic mass is 9.69. The van der Waals surface area contributed by atoms with Crippen LogP contribution in [0.15, 0.2) is 16.6 Å². The van der Waals surface area contributed by atoms with Crippen LogP contribution in [0.5, 0.6) is 0 Å². The van der Waals surface area contributed by atoms with Gasteiger partial charge in [-0.1, -0.05) is 36.2 Å². The van der Waals surface area contributed by atoms with E-state index < -0.39 is 0 Å². The number of carbonyl (C=O) groups is 1. The average Bonchev–Trinajstić information content (AvgIpc) is 2.33. The molecule has 1 aliphatic carbocycles. The van der Waals surface area contributed by atoms with Crippen molar-refractivity contribution in [3.8, 4) is 0 Å². The second-order valence-corrected chi connectivity index (χ2v) is 6.63. The first-order valence-electron chi connectivity index (χ1n) is 6.96. The molecule has 0 N–H and O–H groups in total. The molecule has 1 nitrogen and oxygen atoms in total. The van der Waals surface area contributed by atoms with E-state index in [-0.39, 0.29) is 11.2 Å². The van der Waals surface area contributed by atoms with Crippen LogP contribution in [0.3, 0.4) is 0 Å². The molecule has 0 atom stereocenters. The van der Waals surface area contributed by atoms with Crippen molar-refractivity contribution < 1.29 is 9.18 Å². The molecule has 1 aromatic carbocycles. The van der Waals surface area contributed by atoms with Crippen LogP contribution in [-0.4, -0.2) is 5.78 Å². The number of carbonyl (C=O) groups excluding carboxylic acids is 1. The van der Waals surface area contributed by atoms with Crippen LogP contribution >= 0.6 is 15.9 Å². The van der Waals surface area contributed by atoms with Crippen molar-refractivity contribution in [1.82, 2.24) is 0 Å². The lowest BCUT2D eigenvalue weighted by molar-refractivity contribution is -0.121. The van der Waals surface area contributed by atoms with E-state index in [9.17, 15) is 9.18 Å². The third-order valence-corrected chi connectivity index (χ3v) is 4.80. The first-order valence-corrected chi connectivity index (χ1v) is 7.75. The SMILES string of the molecule is CCCc1cc(F)cc(Br)c1C1(C)CCC(=O)CC1. The number of ketones is 1. The largest absolute Gasteiger partial charge is 0.300 e. The van der Waals surface area contributed by atoms with Crippen LogP contribution in [0, 0.1) is 5.82 Å². The van der Waals surface area contributed by atoms with Gasteiger partial charge in [0.25, 0.3) is 0 Å². The number of Topliss-reactive ketones (excluding diaryl/α,β-unsaturated/α-hetero) is 1. The van der Waals surface area contributed by atoms with E-state index in [4.69, 9.17) is 0 Å². The third-order valence-electron chi connectivity index (χ3n) is 4.17. The van der Waals surface area contributed by atoms with Gasteiger partial charge in [0.2, 0.25) is 0 Å². The fourth-order valence-corrected chi connectivity index (χ4v) is 4.05. The number of halogens is 2. The van der Waals surface area contributed by atoms with E-state index in [0.717, 1.165) is 35.7 Å². The number of hydrogen-bond donors (Lipinski definition) is 0. The molecule has 0 heterocycles. The van der Waals surface area contributed by atoms with E-state index in [2.05, 4.69) is 29.8 Å². The minimum absolute atomic E-state index is 0.00898. The minimum atomic E-state index is -0.186. The van der Waals surface area contributed by atoms with E-state index in [1.807, 2.05) is 0 Å². The summed E-state index contributed by atoms with van der Waals surface area (Å²) in [5.74, 6) is 0.169. The van der Waals surface area contributed by atoms with Crippen molar-refractivity contribution in [3.63, 3.8) is 0 Å². The second kappa shape index (κ2) is 5.74. The van der Waals surface area contributed by atoms with Crippen molar-refractivity contribution in [2.75, 3.05) is 0 Å². The average molecular weight is 327 g/mol. The Morgan fingerprint density at radius 3 is 2.53 bits per heavy atom. The highest BCUT2D eigenvalue weighted by Gasteiger charge is 2.35. The van der Waals surface area contributed by atoms with Crippen molar-refractivity contribution in [2.45, 2.75) is 57.8 Å². The van der Waals surface area contributed by atoms with Gasteiger partial charge in [0.1, 0.15) is 11.6 Å². The van der Waals surface area contributed by atoms with Crippen molar-refractivity contribution in [1.29, 1.82) is 0 Å². The standard InChI is InChI=1S/C16H20BrFO/c1-3-4-11-9-12(18)10-14(17)15(11)16(2)7-5-13(19)6-8-16/h9-10H,3-8H2,1-2H3. The Balaban J connectivity index is 2.45. The minimum Gasteiger partial charge on any atom is -0.300 e. The molecule has 1 aromatic rings. The van der Waals surface area contributed by atoms with Crippen molar-refractivity contribution in [3.05, 3.63) is 33.5 Å². The van der Waals surface area contributed by atoms with Crippen molar-refractivity contribution in [2.24, 2.45) is 0 Å². The summed E-state index contributed by atoms with van der Waals surface area (Å²) in [5.41, 5.74) is 2.29. The summed E-state index contributed by atoms with van der Waals surface area (Å²) in [6.07, 6.45) is 4.91. The maximum absolute atomic E-state index is 13.6. The summed E-state index contributed by atoms with van der Waals surface area (Å²) < 4.78 is 14.5. The van der Waals surface area contributed by atoms with Gasteiger partial charge in [-0.2, -0.15) is 0 Å². The second-order valence-electron chi connectivity index (χ2n) is 5.77. The highest BCUT2D eigenvalue weighted by molar-refractivity contribution is 9.10. The third kappa shape index (κ3) is 3.07. The van der Waals surface area contributed by atoms with Gasteiger partial charge in [-0.15, -0.1) is 0 Å². The molecule has 3 heteroatoms. The summed E-state index contributed by atoms with van der Waals surface area (Å²) in [7, 11) is 0. The smallest absolute Gasteiger partial charge is 0.132 e. The lowest BCUT2D eigenvalue weighted by Gasteiger charge is -2.36. The zero-order valence-corrected chi connectivity index (χ0v) is 13.1. The molecule has 0 aromatic heterocycles. The first-order chi connectivity index (χ1) is 8.96. The molecule has 2 rings (SSSR count). The molecule has 0 radical (unpaired) electrons. The van der Waals surface area contributed by atoms with Gasteiger partial charge in [0, 0.05) is 17.3 Å². The molecule has 0 spiro atoms. The number of hydrogen-bond acceptors (Lipinski definition) is 1. The van der Waals surface area contributed by atoms with Crippen LogP contribution in [0.25, 0.3) is 0 Å². The first kappa shape index (κ1) is 14.7. The predicted octanol–water partition coefficient (Wildman–Crippen LogP) is 4.94. The number of aryl methyl sites for hydroxylation is 1. The maximum atomic E-state index is 13.6. The topological polar surface area (TPSA) is 17.1 Å². The monoisotopic (exact) mass is 326 g/mol. The molecular weight excluding hydrogens is 307 g/mol. The van der Waals surface area contributed by atoms with E-state index in [0.29, 0.717) is 18.6 Å². The van der Waals surface area contributed by atoms with Gasteiger partial charge < -0.3 is 0 Å². The van der Waals surface area contributed by atoms with Crippen LogP contribution in [0.2, 0.25) is 0 Å². The molecule has 0 aliphatic heterocycles. The van der Waals surface area contributed by atoms with Crippen LogP contribution in [-0.2, 0) is 16.6 Å². The Morgan fingerprint density at radius 1 is 1.32 bits per heavy atom. The Bertz CT molecular complexity index is 486. The quantitative estimate of drug-likeness (QED) is 0.768. The Hall–Kier alpha value is -0.700. The highest BCUT2D eigenvalue weighted by atomic mass is 79.9. The zero-order valence-electron chi connectivity index (χ0n) is 11.6. The van der Waals surface area contributed by atoms with E-state index in [1.165, 1.54) is 5.56 Å². The molecule has 1 aliphatic rings. The molecule has 0 saturated heterocycles. The van der Waals surface area contributed by atoms with Gasteiger partial charge in [-0.3, -0.25) is 4.79 Å². The van der Waals surface area contributed by atoms with Gasteiger partial charge in [0.15, 0.2) is 0 Å². The maximum Gasteiger partial charge on any atom is 0.132 e. The summed E-state index contributed by atoms with van der Waals surface area (Å²) in [5, 5.41) is 0.